The molecule has 0 radical (unpaired) electrons. The quantitative estimate of drug-likeness (QED) is 0.0348. The van der Waals surface area contributed by atoms with Crippen LogP contribution in [-0.2, 0) is 21.0 Å². The first kappa shape index (κ1) is 46.9. The molecule has 1 unspecified atom stereocenters. The van der Waals surface area contributed by atoms with Crippen molar-refractivity contribution in [3.63, 3.8) is 0 Å². The van der Waals surface area contributed by atoms with Crippen molar-refractivity contribution in [2.45, 2.75) is 54.9 Å². The summed E-state index contributed by atoms with van der Waals surface area (Å²) in [5.74, 6) is -0.692. The number of aliphatic hydroxyl groups is 1. The summed E-state index contributed by atoms with van der Waals surface area (Å²) in [4.78, 5) is 44.5. The van der Waals surface area contributed by atoms with Gasteiger partial charge >= 0.3 is 0 Å². The Hall–Kier alpha value is -7.11. The minimum Gasteiger partial charge on any atom is -0.506 e. The van der Waals surface area contributed by atoms with Crippen molar-refractivity contribution in [2.24, 2.45) is 5.73 Å². The zero-order valence-corrected chi connectivity index (χ0v) is 37.4. The number of aromatic amines is 1. The number of aryl methyl sites for hydroxylation is 1. The van der Waals surface area contributed by atoms with E-state index in [4.69, 9.17) is 15.2 Å². The lowest BCUT2D eigenvalue weighted by atomic mass is 10.0. The van der Waals surface area contributed by atoms with Gasteiger partial charge in [0.1, 0.15) is 11.5 Å². The van der Waals surface area contributed by atoms with E-state index in [0.29, 0.717) is 81.9 Å². The highest BCUT2D eigenvalue weighted by atomic mass is 32.2. The molecule has 0 aliphatic heterocycles. The second-order valence-electron chi connectivity index (χ2n) is 15.9. The number of primary amides is 1. The predicted molar refractivity (Wildman–Crippen MR) is 255 cm³/mol. The average molecular weight is 913 g/mol. The van der Waals surface area contributed by atoms with E-state index in [2.05, 4.69) is 25.9 Å². The van der Waals surface area contributed by atoms with Gasteiger partial charge in [-0.05, 0) is 116 Å². The molecular formula is C50H52N6O9S. The van der Waals surface area contributed by atoms with Crippen molar-refractivity contribution in [2.75, 3.05) is 44.0 Å². The van der Waals surface area contributed by atoms with Crippen molar-refractivity contribution in [3.05, 3.63) is 154 Å². The van der Waals surface area contributed by atoms with Gasteiger partial charge in [0, 0.05) is 59.2 Å². The highest BCUT2D eigenvalue weighted by Crippen LogP contribution is 2.35. The second kappa shape index (κ2) is 21.3. The van der Waals surface area contributed by atoms with Crippen LogP contribution in [0.3, 0.4) is 0 Å². The molecule has 0 saturated heterocycles. The Morgan fingerprint density at radius 3 is 2.42 bits per heavy atom. The topological polar surface area (TPSA) is 235 Å². The van der Waals surface area contributed by atoms with Gasteiger partial charge in [-0.15, -0.1) is 0 Å². The maximum Gasteiger partial charge on any atom is 0.255 e. The third-order valence-electron chi connectivity index (χ3n) is 11.2. The van der Waals surface area contributed by atoms with E-state index in [1.165, 1.54) is 55.8 Å². The van der Waals surface area contributed by atoms with Crippen molar-refractivity contribution in [1.82, 2.24) is 15.3 Å². The number of carbonyl (C=O) groups is 2. The molecule has 5 aromatic carbocycles. The summed E-state index contributed by atoms with van der Waals surface area (Å²) < 4.78 is 39.5. The molecule has 342 valence electrons. The first-order valence-electron chi connectivity index (χ1n) is 21.5. The molecule has 0 fully saturated rings. The van der Waals surface area contributed by atoms with Gasteiger partial charge in [0.15, 0.2) is 0 Å². The Morgan fingerprint density at radius 2 is 1.64 bits per heavy atom. The molecule has 0 spiro atoms. The molecular weight excluding hydrogens is 861 g/mol. The van der Waals surface area contributed by atoms with Crippen LogP contribution in [0.15, 0.2) is 130 Å². The number of ether oxygens (including phenoxy) is 2. The standard InChI is InChI=1S/C50H52N6O9S/c1-31-25-38(28-41-46(31)53-29-42(49(51)60)47(41)54-35-10-8-11-36(27-35)64-2)66(62,63)37-12-7-9-33(26-37)50(61)55-34-15-13-32(14-16-34)21-24-65-23-6-4-3-5-22-52-30-44(58)39-17-19-43(57)48-40(39)18-20-45(59)56-48/h7-20,25-29,44,52,57-58H,3-6,21-24,30H2,1-2H3,(H2,51,60)(H,53,54)(H,55,61)(H,56,59). The number of hydrogen-bond donors (Lipinski definition) is 7. The molecule has 2 amide bonds. The Labute approximate surface area is 381 Å². The fraction of sp³-hybridized carbons (Fsp3) is 0.240. The number of aromatic nitrogens is 2. The van der Waals surface area contributed by atoms with Crippen LogP contribution in [0.1, 0.15) is 69.2 Å². The number of pyridine rings is 2. The van der Waals surface area contributed by atoms with Crippen LogP contribution in [0.5, 0.6) is 11.5 Å². The van der Waals surface area contributed by atoms with Gasteiger partial charge < -0.3 is 46.4 Å². The number of benzene rings is 5. The van der Waals surface area contributed by atoms with E-state index < -0.39 is 27.8 Å². The first-order chi connectivity index (χ1) is 31.8. The minimum absolute atomic E-state index is 0.0400. The number of carbonyl (C=O) groups excluding carboxylic acids is 2. The lowest BCUT2D eigenvalue weighted by molar-refractivity contribution is 0.0998. The first-order valence-corrected chi connectivity index (χ1v) is 23.0. The number of fused-ring (bicyclic) bond motifs is 2. The number of methoxy groups -OCH3 is 1. The van der Waals surface area contributed by atoms with E-state index in [1.807, 2.05) is 12.1 Å². The number of nitrogens with one attached hydrogen (secondary N) is 4. The number of rotatable bonds is 21. The SMILES string of the molecule is COc1cccc(Nc2c(C(N)=O)cnc3c(C)cc(S(=O)(=O)c4cccc(C(=O)Nc5ccc(CCOCCCCCCNCC(O)c6ccc(O)c7[nH]c(=O)ccc67)cc5)c4)cc23)c1. The van der Waals surface area contributed by atoms with Crippen LogP contribution in [0, 0.1) is 6.92 Å². The van der Waals surface area contributed by atoms with Crippen LogP contribution < -0.4 is 32.0 Å². The number of nitrogens with two attached hydrogens (primary N) is 1. The molecule has 0 bridgehead atoms. The van der Waals surface area contributed by atoms with E-state index in [-0.39, 0.29) is 32.2 Å². The lowest BCUT2D eigenvalue weighted by Gasteiger charge is -2.16. The maximum atomic E-state index is 14.2. The number of nitrogens with zero attached hydrogens (tertiary/aromatic N) is 1. The molecule has 7 aromatic rings. The van der Waals surface area contributed by atoms with Gasteiger partial charge in [0.2, 0.25) is 15.4 Å². The Balaban J connectivity index is 0.867. The number of aromatic hydroxyl groups is 1. The highest BCUT2D eigenvalue weighted by molar-refractivity contribution is 7.91. The average Bonchev–Trinajstić information content (AvgIpc) is 3.31. The van der Waals surface area contributed by atoms with E-state index in [1.54, 1.807) is 61.5 Å². The van der Waals surface area contributed by atoms with E-state index in [9.17, 15) is 33.0 Å². The van der Waals surface area contributed by atoms with Gasteiger partial charge in [-0.3, -0.25) is 19.4 Å². The van der Waals surface area contributed by atoms with Gasteiger partial charge in [-0.2, -0.15) is 0 Å². The summed E-state index contributed by atoms with van der Waals surface area (Å²) in [6.45, 7) is 4.01. The van der Waals surface area contributed by atoms with Gasteiger partial charge in [-0.25, -0.2) is 8.42 Å². The highest BCUT2D eigenvalue weighted by Gasteiger charge is 2.24. The zero-order valence-electron chi connectivity index (χ0n) is 36.6. The Morgan fingerprint density at radius 1 is 0.848 bits per heavy atom. The monoisotopic (exact) mass is 912 g/mol. The van der Waals surface area contributed by atoms with Crippen molar-refractivity contribution < 1.29 is 37.7 Å². The largest absolute Gasteiger partial charge is 0.506 e. The predicted octanol–water partition coefficient (Wildman–Crippen LogP) is 7.47. The molecule has 16 heteroatoms. The van der Waals surface area contributed by atoms with Crippen molar-refractivity contribution in [1.29, 1.82) is 0 Å². The normalized spacial score (nSPS) is 12.0. The molecule has 0 saturated carbocycles. The third kappa shape index (κ3) is 11.2. The zero-order chi connectivity index (χ0) is 46.8. The van der Waals surface area contributed by atoms with Crippen LogP contribution >= 0.6 is 0 Å². The van der Waals surface area contributed by atoms with Crippen LogP contribution in [0.25, 0.3) is 21.8 Å². The summed E-state index contributed by atoms with van der Waals surface area (Å²) >= 11 is 0. The minimum atomic E-state index is -4.17. The van der Waals surface area contributed by atoms with Crippen LogP contribution in [0.4, 0.5) is 17.1 Å². The molecule has 0 aliphatic rings. The molecule has 1 atom stereocenters. The molecule has 2 aromatic heterocycles. The summed E-state index contributed by atoms with van der Waals surface area (Å²) in [5.41, 5.74) is 10.1. The Bertz CT molecular complexity index is 3050. The molecule has 2 heterocycles. The number of sulfone groups is 1. The molecule has 15 nitrogen and oxygen atoms in total. The fourth-order valence-electron chi connectivity index (χ4n) is 7.67. The summed E-state index contributed by atoms with van der Waals surface area (Å²) in [6, 6.07) is 29.3. The van der Waals surface area contributed by atoms with Crippen LogP contribution in [-0.4, -0.2) is 73.8 Å². The van der Waals surface area contributed by atoms with Crippen molar-refractivity contribution >= 4 is 60.5 Å². The second-order valence-corrected chi connectivity index (χ2v) is 17.8. The number of hydrogen-bond acceptors (Lipinski definition) is 12. The van der Waals surface area contributed by atoms with E-state index in [0.717, 1.165) is 37.8 Å². The number of H-pyrrole nitrogens is 1. The number of unbranched alkanes of at least 4 members (excludes halogenated alkanes) is 3. The fourth-order valence-corrected chi connectivity index (χ4v) is 9.08. The molecule has 66 heavy (non-hydrogen) atoms. The van der Waals surface area contributed by atoms with Gasteiger partial charge in [-0.1, -0.05) is 43.2 Å². The number of aliphatic hydroxyl groups excluding tert-OH is 1. The molecule has 7 rings (SSSR count). The summed E-state index contributed by atoms with van der Waals surface area (Å²) in [6.07, 6.45) is 5.15. The maximum absolute atomic E-state index is 14.2. The van der Waals surface area contributed by atoms with Gasteiger partial charge in [0.05, 0.1) is 51.9 Å². The van der Waals surface area contributed by atoms with Crippen molar-refractivity contribution in [3.8, 4) is 11.5 Å². The number of anilines is 3. The number of amides is 2. The molecule has 0 aliphatic carbocycles. The summed E-state index contributed by atoms with van der Waals surface area (Å²) in [5, 5.41) is 31.1. The molecule has 8 N–H and O–H groups in total. The Kier molecular flexibility index (Phi) is 15.1. The number of phenols is 1. The van der Waals surface area contributed by atoms with Gasteiger partial charge in [0.25, 0.3) is 11.8 Å². The summed E-state index contributed by atoms with van der Waals surface area (Å²) in [7, 11) is -2.63. The smallest absolute Gasteiger partial charge is 0.255 e. The lowest BCUT2D eigenvalue weighted by Crippen LogP contribution is -2.22. The van der Waals surface area contributed by atoms with Crippen LogP contribution in [0.2, 0.25) is 0 Å². The van der Waals surface area contributed by atoms with E-state index >= 15 is 0 Å². The number of phenolic OH excluding ortho intramolecular Hbond substituents is 1. The third-order valence-corrected chi connectivity index (χ3v) is 12.9.